The second-order valence-electron chi connectivity index (χ2n) is 7.58. The van der Waals surface area contributed by atoms with Crippen molar-refractivity contribution in [3.63, 3.8) is 0 Å². The Morgan fingerprint density at radius 2 is 1.75 bits per heavy atom. The van der Waals surface area contributed by atoms with Gasteiger partial charge in [0.05, 0.1) is 11.6 Å². The number of halogens is 1. The number of carbonyl (C=O) groups excluding carboxylic acids is 2. The van der Waals surface area contributed by atoms with Gasteiger partial charge in [-0.1, -0.05) is 54.1 Å². The minimum atomic E-state index is -0.872. The van der Waals surface area contributed by atoms with Crippen LogP contribution in [-0.2, 0) is 9.59 Å². The summed E-state index contributed by atoms with van der Waals surface area (Å²) in [6.07, 6.45) is 0. The third-order valence-corrected chi connectivity index (χ3v) is 6.04. The highest BCUT2D eigenvalue weighted by molar-refractivity contribution is 6.51. The van der Waals surface area contributed by atoms with Crippen molar-refractivity contribution in [2.24, 2.45) is 0 Å². The molecule has 0 radical (unpaired) electrons. The SMILES string of the molecule is Cc1ccc(N2C(=O)C(=O)C(=C(O)c3ccccc3)[C@H]2c2ccc3c(c2)OCO3)cc1Cl. The van der Waals surface area contributed by atoms with E-state index in [-0.39, 0.29) is 18.1 Å². The summed E-state index contributed by atoms with van der Waals surface area (Å²) in [5.74, 6) is -0.676. The lowest BCUT2D eigenvalue weighted by molar-refractivity contribution is -0.132. The summed E-state index contributed by atoms with van der Waals surface area (Å²) < 4.78 is 10.9. The molecule has 7 heteroatoms. The molecule has 0 aromatic heterocycles. The molecule has 0 bridgehead atoms. The van der Waals surface area contributed by atoms with Gasteiger partial charge in [-0.25, -0.2) is 0 Å². The molecule has 0 unspecified atom stereocenters. The van der Waals surface area contributed by atoms with E-state index in [2.05, 4.69) is 0 Å². The predicted molar refractivity (Wildman–Crippen MR) is 120 cm³/mol. The van der Waals surface area contributed by atoms with Crippen molar-refractivity contribution in [3.05, 3.63) is 94.0 Å². The summed E-state index contributed by atoms with van der Waals surface area (Å²) >= 11 is 6.32. The molecule has 3 aromatic rings. The summed E-state index contributed by atoms with van der Waals surface area (Å²) in [7, 11) is 0. The van der Waals surface area contributed by atoms with Gasteiger partial charge >= 0.3 is 0 Å². The molecule has 1 amide bonds. The number of aryl methyl sites for hydroxylation is 1. The fraction of sp³-hybridized carbons (Fsp3) is 0.120. The van der Waals surface area contributed by atoms with Crippen LogP contribution in [0.15, 0.2) is 72.3 Å². The minimum absolute atomic E-state index is 0.00300. The lowest BCUT2D eigenvalue weighted by Crippen LogP contribution is -2.29. The molecule has 1 atom stereocenters. The number of ether oxygens (including phenoxy) is 2. The predicted octanol–water partition coefficient (Wildman–Crippen LogP) is 5.00. The molecule has 2 aliphatic heterocycles. The van der Waals surface area contributed by atoms with Crippen molar-refractivity contribution in [3.8, 4) is 11.5 Å². The number of hydrogen-bond acceptors (Lipinski definition) is 5. The van der Waals surface area contributed by atoms with E-state index in [9.17, 15) is 14.7 Å². The highest BCUT2D eigenvalue weighted by atomic mass is 35.5. The van der Waals surface area contributed by atoms with E-state index in [1.807, 2.05) is 6.92 Å². The lowest BCUT2D eigenvalue weighted by Gasteiger charge is -2.26. The molecule has 3 aromatic carbocycles. The Labute approximate surface area is 189 Å². The molecule has 2 aliphatic rings. The molecule has 32 heavy (non-hydrogen) atoms. The largest absolute Gasteiger partial charge is 0.507 e. The van der Waals surface area contributed by atoms with E-state index in [4.69, 9.17) is 21.1 Å². The maximum Gasteiger partial charge on any atom is 0.300 e. The second kappa shape index (κ2) is 7.73. The number of hydrogen-bond donors (Lipinski definition) is 1. The first-order valence-corrected chi connectivity index (χ1v) is 10.4. The normalized spacial score (nSPS) is 18.9. The summed E-state index contributed by atoms with van der Waals surface area (Å²) in [5.41, 5.74) is 2.34. The van der Waals surface area contributed by atoms with Crippen LogP contribution < -0.4 is 14.4 Å². The molecule has 1 fully saturated rings. The minimum Gasteiger partial charge on any atom is -0.507 e. The Bertz CT molecular complexity index is 1280. The van der Waals surface area contributed by atoms with Gasteiger partial charge < -0.3 is 14.6 Å². The van der Waals surface area contributed by atoms with Gasteiger partial charge in [0.1, 0.15) is 5.76 Å². The van der Waals surface area contributed by atoms with E-state index < -0.39 is 17.7 Å². The fourth-order valence-electron chi connectivity index (χ4n) is 3.98. The van der Waals surface area contributed by atoms with Gasteiger partial charge in [0.2, 0.25) is 6.79 Å². The number of carbonyl (C=O) groups is 2. The van der Waals surface area contributed by atoms with E-state index in [1.165, 1.54) is 4.90 Å². The molecule has 5 rings (SSSR count). The number of nitrogens with zero attached hydrogens (tertiary/aromatic N) is 1. The molecular weight excluding hydrogens is 430 g/mol. The second-order valence-corrected chi connectivity index (χ2v) is 7.99. The molecule has 2 heterocycles. The van der Waals surface area contributed by atoms with Crippen LogP contribution in [-0.4, -0.2) is 23.6 Å². The molecule has 160 valence electrons. The zero-order valence-electron chi connectivity index (χ0n) is 17.0. The highest BCUT2D eigenvalue weighted by Gasteiger charge is 2.47. The molecule has 0 aliphatic carbocycles. The number of Topliss-reactive ketones (excluding diaryl/α,β-unsaturated/α-hetero) is 1. The maximum absolute atomic E-state index is 13.2. The van der Waals surface area contributed by atoms with Crippen molar-refractivity contribution in [2.45, 2.75) is 13.0 Å². The number of benzene rings is 3. The van der Waals surface area contributed by atoms with Gasteiger partial charge in [0, 0.05) is 16.3 Å². The van der Waals surface area contributed by atoms with Crippen LogP contribution >= 0.6 is 11.6 Å². The smallest absolute Gasteiger partial charge is 0.300 e. The Balaban J connectivity index is 1.73. The molecule has 6 nitrogen and oxygen atoms in total. The lowest BCUT2D eigenvalue weighted by atomic mass is 9.94. The number of fused-ring (bicyclic) bond motifs is 1. The number of amides is 1. The van der Waals surface area contributed by atoms with Crippen LogP contribution in [0.4, 0.5) is 5.69 Å². The number of rotatable bonds is 3. The standard InChI is InChI=1S/C25H18ClNO5/c1-14-7-9-17(12-18(14)26)27-22(16-8-10-19-20(11-16)32-13-31-19)21(24(29)25(27)30)23(28)15-5-3-2-4-6-15/h2-12,22,28H,13H2,1H3/t22-/m1/s1. The fourth-order valence-corrected chi connectivity index (χ4v) is 4.16. The van der Waals surface area contributed by atoms with Crippen LogP contribution in [0.2, 0.25) is 5.02 Å². The Hall–Kier alpha value is -3.77. The topological polar surface area (TPSA) is 76.1 Å². The average Bonchev–Trinajstić information content (AvgIpc) is 3.38. The van der Waals surface area contributed by atoms with Crippen LogP contribution in [0.5, 0.6) is 11.5 Å². The van der Waals surface area contributed by atoms with Gasteiger partial charge in [0.25, 0.3) is 11.7 Å². The van der Waals surface area contributed by atoms with E-state index >= 15 is 0 Å². The highest BCUT2D eigenvalue weighted by Crippen LogP contribution is 2.45. The first kappa shape index (κ1) is 20.2. The molecular formula is C25H18ClNO5. The third kappa shape index (κ3) is 3.20. The quantitative estimate of drug-likeness (QED) is 0.347. The van der Waals surface area contributed by atoms with Crippen molar-refractivity contribution >= 4 is 34.7 Å². The van der Waals surface area contributed by atoms with Crippen molar-refractivity contribution < 1.29 is 24.2 Å². The monoisotopic (exact) mass is 447 g/mol. The van der Waals surface area contributed by atoms with E-state index in [0.717, 1.165) is 5.56 Å². The summed E-state index contributed by atoms with van der Waals surface area (Å²) in [6, 6.07) is 18.2. The van der Waals surface area contributed by atoms with Crippen molar-refractivity contribution in [1.29, 1.82) is 0 Å². The van der Waals surface area contributed by atoms with Gasteiger partial charge in [0.15, 0.2) is 11.5 Å². The summed E-state index contributed by atoms with van der Waals surface area (Å²) in [6.45, 7) is 1.95. The molecule has 1 saturated heterocycles. The third-order valence-electron chi connectivity index (χ3n) is 5.64. The molecule has 0 saturated carbocycles. The van der Waals surface area contributed by atoms with Crippen molar-refractivity contribution in [1.82, 2.24) is 0 Å². The van der Waals surface area contributed by atoms with Gasteiger partial charge in [-0.2, -0.15) is 0 Å². The van der Waals surface area contributed by atoms with Gasteiger partial charge in [-0.3, -0.25) is 14.5 Å². The number of aliphatic hydroxyl groups is 1. The first-order chi connectivity index (χ1) is 15.5. The average molecular weight is 448 g/mol. The molecule has 1 N–H and O–H groups in total. The maximum atomic E-state index is 13.2. The summed E-state index contributed by atoms with van der Waals surface area (Å²) in [4.78, 5) is 27.7. The van der Waals surface area contributed by atoms with Gasteiger partial charge in [-0.15, -0.1) is 0 Å². The van der Waals surface area contributed by atoms with Crippen LogP contribution in [0, 0.1) is 6.92 Å². The molecule has 0 spiro atoms. The Morgan fingerprint density at radius 3 is 2.50 bits per heavy atom. The van der Waals surface area contributed by atoms with Crippen LogP contribution in [0.25, 0.3) is 5.76 Å². The number of ketones is 1. The zero-order valence-corrected chi connectivity index (χ0v) is 17.8. The zero-order chi connectivity index (χ0) is 22.4. The first-order valence-electron chi connectivity index (χ1n) is 9.98. The van der Waals surface area contributed by atoms with E-state index in [0.29, 0.717) is 33.3 Å². The van der Waals surface area contributed by atoms with Gasteiger partial charge in [-0.05, 0) is 42.3 Å². The summed E-state index contributed by atoms with van der Waals surface area (Å²) in [5, 5.41) is 11.6. The van der Waals surface area contributed by atoms with Crippen LogP contribution in [0.1, 0.15) is 22.7 Å². The Kier molecular flexibility index (Phi) is 4.87. The Morgan fingerprint density at radius 1 is 1.00 bits per heavy atom. The van der Waals surface area contributed by atoms with Crippen LogP contribution in [0.3, 0.4) is 0 Å². The van der Waals surface area contributed by atoms with Crippen molar-refractivity contribution in [2.75, 3.05) is 11.7 Å². The number of aliphatic hydroxyl groups excluding tert-OH is 1. The van der Waals surface area contributed by atoms with E-state index in [1.54, 1.807) is 66.7 Å². The number of anilines is 1.